The molecular weight excluding hydrogens is 364 g/mol. The highest BCUT2D eigenvalue weighted by atomic mass is 79.9. The first-order valence-corrected chi connectivity index (χ1v) is 9.53. The summed E-state index contributed by atoms with van der Waals surface area (Å²) in [6.07, 6.45) is 1.46. The molecule has 1 saturated heterocycles. The van der Waals surface area contributed by atoms with Crippen molar-refractivity contribution in [2.24, 2.45) is 5.92 Å². The summed E-state index contributed by atoms with van der Waals surface area (Å²) in [4.78, 5) is 11.9. The van der Waals surface area contributed by atoms with Gasteiger partial charge >= 0.3 is 0 Å². The highest BCUT2D eigenvalue weighted by molar-refractivity contribution is 9.11. The second-order valence-corrected chi connectivity index (χ2v) is 9.28. The van der Waals surface area contributed by atoms with Gasteiger partial charge in [-0.15, -0.1) is 11.3 Å². The van der Waals surface area contributed by atoms with Crippen LogP contribution in [0.2, 0.25) is 0 Å². The number of rotatable bonds is 4. The van der Waals surface area contributed by atoms with Gasteiger partial charge in [0.05, 0.1) is 9.70 Å². The first-order valence-electron chi connectivity index (χ1n) is 6.48. The fourth-order valence-electron chi connectivity index (χ4n) is 2.26. The van der Waals surface area contributed by atoms with E-state index in [0.29, 0.717) is 23.7 Å². The molecule has 1 aromatic rings. The number of piperidine rings is 1. The van der Waals surface area contributed by atoms with Crippen LogP contribution in [0.5, 0.6) is 0 Å². The molecule has 5 nitrogen and oxygen atoms in total. The first-order chi connectivity index (χ1) is 9.45. The SMILES string of the molecule is CCNC(=O)[C@H]1CCCN(S(=O)(=O)c2ccc(Br)s2)C1. The van der Waals surface area contributed by atoms with Crippen LogP contribution in [0, 0.1) is 5.92 Å². The summed E-state index contributed by atoms with van der Waals surface area (Å²) in [6, 6.07) is 3.32. The fourth-order valence-corrected chi connectivity index (χ4v) is 5.94. The van der Waals surface area contributed by atoms with Crippen molar-refractivity contribution in [2.75, 3.05) is 19.6 Å². The molecule has 1 fully saturated rings. The maximum Gasteiger partial charge on any atom is 0.252 e. The minimum absolute atomic E-state index is 0.0558. The van der Waals surface area contributed by atoms with Crippen molar-refractivity contribution >= 4 is 43.2 Å². The van der Waals surface area contributed by atoms with Gasteiger partial charge in [-0.1, -0.05) is 0 Å². The fraction of sp³-hybridized carbons (Fsp3) is 0.583. The molecule has 0 radical (unpaired) electrons. The zero-order valence-corrected chi connectivity index (χ0v) is 14.4. The van der Waals surface area contributed by atoms with Gasteiger partial charge in [-0.05, 0) is 47.8 Å². The van der Waals surface area contributed by atoms with Crippen LogP contribution in [0.3, 0.4) is 0 Å². The maximum atomic E-state index is 12.5. The molecule has 112 valence electrons. The molecule has 0 aliphatic carbocycles. The van der Waals surface area contributed by atoms with Gasteiger partial charge in [-0.3, -0.25) is 4.79 Å². The van der Waals surface area contributed by atoms with E-state index in [0.717, 1.165) is 10.2 Å². The summed E-state index contributed by atoms with van der Waals surface area (Å²) in [5, 5.41) is 2.77. The van der Waals surface area contributed by atoms with E-state index < -0.39 is 10.0 Å². The lowest BCUT2D eigenvalue weighted by Crippen LogP contribution is -2.45. The van der Waals surface area contributed by atoms with Crippen molar-refractivity contribution in [3.05, 3.63) is 15.9 Å². The van der Waals surface area contributed by atoms with Gasteiger partial charge in [0, 0.05) is 19.6 Å². The zero-order valence-electron chi connectivity index (χ0n) is 11.1. The third-order valence-corrected chi connectivity index (χ3v) is 7.20. The van der Waals surface area contributed by atoms with Crippen LogP contribution in [-0.4, -0.2) is 38.3 Å². The third-order valence-electron chi connectivity index (χ3n) is 3.25. The molecule has 1 aliphatic heterocycles. The Bertz CT molecular complexity index is 585. The largest absolute Gasteiger partial charge is 0.356 e. The lowest BCUT2D eigenvalue weighted by Gasteiger charge is -2.30. The predicted molar refractivity (Wildman–Crippen MR) is 82.2 cm³/mol. The number of amides is 1. The zero-order chi connectivity index (χ0) is 14.8. The highest BCUT2D eigenvalue weighted by Gasteiger charge is 2.33. The van der Waals surface area contributed by atoms with Gasteiger partial charge < -0.3 is 5.32 Å². The number of nitrogens with one attached hydrogen (secondary N) is 1. The van der Waals surface area contributed by atoms with Crippen molar-refractivity contribution < 1.29 is 13.2 Å². The third kappa shape index (κ3) is 3.41. The molecule has 0 bridgehead atoms. The van der Waals surface area contributed by atoms with Gasteiger partial charge in [0.25, 0.3) is 10.0 Å². The summed E-state index contributed by atoms with van der Waals surface area (Å²) in [6.45, 7) is 3.18. The number of hydrogen-bond donors (Lipinski definition) is 1. The molecule has 0 spiro atoms. The molecule has 0 aromatic carbocycles. The number of sulfonamides is 1. The molecule has 2 rings (SSSR count). The van der Waals surface area contributed by atoms with E-state index in [-0.39, 0.29) is 18.4 Å². The smallest absolute Gasteiger partial charge is 0.252 e. The average molecular weight is 381 g/mol. The Labute approximate surface area is 131 Å². The van der Waals surface area contributed by atoms with Crippen LogP contribution >= 0.6 is 27.3 Å². The van der Waals surface area contributed by atoms with Gasteiger partial charge in [-0.25, -0.2) is 8.42 Å². The van der Waals surface area contributed by atoms with E-state index in [9.17, 15) is 13.2 Å². The van der Waals surface area contributed by atoms with Gasteiger partial charge in [0.1, 0.15) is 4.21 Å². The van der Waals surface area contributed by atoms with E-state index in [1.54, 1.807) is 12.1 Å². The van der Waals surface area contributed by atoms with Crippen LogP contribution in [0.15, 0.2) is 20.1 Å². The minimum atomic E-state index is -3.48. The van der Waals surface area contributed by atoms with E-state index in [1.165, 1.54) is 15.6 Å². The summed E-state index contributed by atoms with van der Waals surface area (Å²) in [5.41, 5.74) is 0. The van der Waals surface area contributed by atoms with Gasteiger partial charge in [0.15, 0.2) is 0 Å². The second kappa shape index (κ2) is 6.55. The monoisotopic (exact) mass is 380 g/mol. The van der Waals surface area contributed by atoms with E-state index in [1.807, 2.05) is 6.92 Å². The number of carbonyl (C=O) groups is 1. The molecule has 0 saturated carbocycles. The van der Waals surface area contributed by atoms with E-state index in [4.69, 9.17) is 0 Å². The normalized spacial score (nSPS) is 20.8. The Morgan fingerprint density at radius 3 is 2.90 bits per heavy atom. The standard InChI is InChI=1S/C12H17BrN2O3S2/c1-2-14-12(16)9-4-3-7-15(8-9)20(17,18)11-6-5-10(13)19-11/h5-6,9H,2-4,7-8H2,1H3,(H,14,16)/t9-/m0/s1. The Kier molecular flexibility index (Phi) is 5.22. The second-order valence-electron chi connectivity index (χ2n) is 4.66. The van der Waals surface area contributed by atoms with Crippen LogP contribution in [-0.2, 0) is 14.8 Å². The van der Waals surface area contributed by atoms with E-state index in [2.05, 4.69) is 21.2 Å². The summed E-state index contributed by atoms with van der Waals surface area (Å²) < 4.78 is 27.6. The van der Waals surface area contributed by atoms with Crippen molar-refractivity contribution in [3.63, 3.8) is 0 Å². The van der Waals surface area contributed by atoms with Gasteiger partial charge in [-0.2, -0.15) is 4.31 Å². The Balaban J connectivity index is 2.14. The number of halogens is 1. The Morgan fingerprint density at radius 1 is 1.55 bits per heavy atom. The molecule has 1 atom stereocenters. The lowest BCUT2D eigenvalue weighted by molar-refractivity contribution is -0.125. The number of thiophene rings is 1. The van der Waals surface area contributed by atoms with Crippen molar-refractivity contribution in [3.8, 4) is 0 Å². The summed E-state index contributed by atoms with van der Waals surface area (Å²) in [5.74, 6) is -0.304. The van der Waals surface area contributed by atoms with Crippen LogP contribution in [0.1, 0.15) is 19.8 Å². The number of carbonyl (C=O) groups excluding carboxylic acids is 1. The first kappa shape index (κ1) is 15.9. The Morgan fingerprint density at radius 2 is 2.30 bits per heavy atom. The van der Waals surface area contributed by atoms with Gasteiger partial charge in [0.2, 0.25) is 5.91 Å². The molecule has 1 amide bonds. The van der Waals surface area contributed by atoms with Crippen LogP contribution in [0.4, 0.5) is 0 Å². The predicted octanol–water partition coefficient (Wildman–Crippen LogP) is 2.05. The lowest BCUT2D eigenvalue weighted by atomic mass is 9.99. The molecule has 20 heavy (non-hydrogen) atoms. The van der Waals surface area contributed by atoms with Crippen LogP contribution < -0.4 is 5.32 Å². The topological polar surface area (TPSA) is 66.5 Å². The quantitative estimate of drug-likeness (QED) is 0.868. The number of hydrogen-bond acceptors (Lipinski definition) is 4. The highest BCUT2D eigenvalue weighted by Crippen LogP contribution is 2.30. The van der Waals surface area contributed by atoms with Crippen molar-refractivity contribution in [1.82, 2.24) is 9.62 Å². The molecule has 1 aliphatic rings. The molecular formula is C12H17BrN2O3S2. The summed E-state index contributed by atoms with van der Waals surface area (Å²) >= 11 is 4.47. The maximum absolute atomic E-state index is 12.5. The van der Waals surface area contributed by atoms with Crippen molar-refractivity contribution in [1.29, 1.82) is 0 Å². The molecule has 8 heteroatoms. The summed E-state index contributed by atoms with van der Waals surface area (Å²) in [7, 11) is -3.48. The molecule has 2 heterocycles. The number of nitrogens with zero attached hydrogens (tertiary/aromatic N) is 1. The van der Waals surface area contributed by atoms with Crippen molar-refractivity contribution in [2.45, 2.75) is 24.0 Å². The van der Waals surface area contributed by atoms with Crippen LogP contribution in [0.25, 0.3) is 0 Å². The molecule has 1 aromatic heterocycles. The Hall–Kier alpha value is -0.440. The van der Waals surface area contributed by atoms with E-state index >= 15 is 0 Å². The average Bonchev–Trinajstić information content (AvgIpc) is 2.86. The molecule has 1 N–H and O–H groups in total. The molecule has 0 unspecified atom stereocenters. The minimum Gasteiger partial charge on any atom is -0.356 e.